The fourth-order valence-electron chi connectivity index (χ4n) is 1.25. The van der Waals surface area contributed by atoms with Crippen molar-refractivity contribution in [3.8, 4) is 0 Å². The Morgan fingerprint density at radius 2 is 1.94 bits per heavy atom. The first-order chi connectivity index (χ1) is 7.76. The normalized spacial score (nSPS) is 13.7. The minimum atomic E-state index is -3.38. The summed E-state index contributed by atoms with van der Waals surface area (Å²) in [5.74, 6) is -0.533. The van der Waals surface area contributed by atoms with Crippen molar-refractivity contribution in [2.75, 3.05) is 18.1 Å². The van der Waals surface area contributed by atoms with E-state index < -0.39 is 21.5 Å². The molecule has 0 fully saturated rings. The highest BCUT2D eigenvalue weighted by Gasteiger charge is 2.19. The van der Waals surface area contributed by atoms with Crippen molar-refractivity contribution in [1.82, 2.24) is 5.32 Å². The van der Waals surface area contributed by atoms with Crippen LogP contribution in [-0.4, -0.2) is 38.4 Å². The SMILES string of the molecule is CCC(N)CS(=O)(=O)CC(=O)NCCC(C)C. The summed E-state index contributed by atoms with van der Waals surface area (Å²) in [5.41, 5.74) is 5.56. The molecule has 0 aromatic heterocycles. The molecule has 0 aliphatic rings. The zero-order valence-corrected chi connectivity index (χ0v) is 11.7. The topological polar surface area (TPSA) is 89.3 Å². The zero-order valence-electron chi connectivity index (χ0n) is 10.9. The van der Waals surface area contributed by atoms with E-state index in [1.807, 2.05) is 20.8 Å². The highest BCUT2D eigenvalue weighted by Crippen LogP contribution is 1.98. The number of carbonyl (C=O) groups excluding carboxylic acids is 1. The smallest absolute Gasteiger partial charge is 0.235 e. The van der Waals surface area contributed by atoms with Crippen LogP contribution in [0.25, 0.3) is 0 Å². The molecule has 0 saturated carbocycles. The van der Waals surface area contributed by atoms with Gasteiger partial charge < -0.3 is 11.1 Å². The van der Waals surface area contributed by atoms with Gasteiger partial charge in [-0.15, -0.1) is 0 Å². The Hall–Kier alpha value is -0.620. The molecular weight excluding hydrogens is 240 g/mol. The van der Waals surface area contributed by atoms with Crippen LogP contribution in [0.5, 0.6) is 0 Å². The first-order valence-electron chi connectivity index (χ1n) is 5.99. The molecule has 102 valence electrons. The van der Waals surface area contributed by atoms with E-state index in [4.69, 9.17) is 5.73 Å². The molecule has 0 radical (unpaired) electrons. The molecule has 3 N–H and O–H groups in total. The highest BCUT2D eigenvalue weighted by molar-refractivity contribution is 7.92. The number of amides is 1. The molecule has 1 unspecified atom stereocenters. The van der Waals surface area contributed by atoms with Crippen molar-refractivity contribution in [3.63, 3.8) is 0 Å². The summed E-state index contributed by atoms with van der Waals surface area (Å²) >= 11 is 0. The third kappa shape index (κ3) is 9.12. The first kappa shape index (κ1) is 16.4. The van der Waals surface area contributed by atoms with E-state index in [0.717, 1.165) is 6.42 Å². The van der Waals surface area contributed by atoms with Crippen LogP contribution in [0, 0.1) is 5.92 Å². The van der Waals surface area contributed by atoms with Gasteiger partial charge in [0.15, 0.2) is 9.84 Å². The molecule has 0 bridgehead atoms. The summed E-state index contributed by atoms with van der Waals surface area (Å²) < 4.78 is 23.1. The molecule has 0 aliphatic carbocycles. The van der Waals surface area contributed by atoms with Crippen LogP contribution in [0.4, 0.5) is 0 Å². The molecule has 5 nitrogen and oxygen atoms in total. The van der Waals surface area contributed by atoms with Gasteiger partial charge in [-0.05, 0) is 18.8 Å². The van der Waals surface area contributed by atoms with E-state index >= 15 is 0 Å². The van der Waals surface area contributed by atoms with E-state index in [1.165, 1.54) is 0 Å². The number of sulfone groups is 1. The predicted octanol–water partition coefficient (Wildman–Crippen LogP) is 0.301. The summed E-state index contributed by atoms with van der Waals surface area (Å²) in [7, 11) is -3.38. The van der Waals surface area contributed by atoms with Crippen molar-refractivity contribution in [3.05, 3.63) is 0 Å². The minimum absolute atomic E-state index is 0.124. The van der Waals surface area contributed by atoms with Gasteiger partial charge in [0.25, 0.3) is 0 Å². The predicted molar refractivity (Wildman–Crippen MR) is 69.4 cm³/mol. The second kappa shape index (κ2) is 7.66. The molecule has 0 spiro atoms. The molecule has 0 aromatic carbocycles. The van der Waals surface area contributed by atoms with Gasteiger partial charge in [0.2, 0.25) is 5.91 Å². The lowest BCUT2D eigenvalue weighted by atomic mass is 10.1. The lowest BCUT2D eigenvalue weighted by molar-refractivity contribution is -0.118. The average molecular weight is 264 g/mol. The summed E-state index contributed by atoms with van der Waals surface area (Å²) in [6.07, 6.45) is 1.44. The maximum Gasteiger partial charge on any atom is 0.235 e. The van der Waals surface area contributed by atoms with Crippen molar-refractivity contribution < 1.29 is 13.2 Å². The summed E-state index contributed by atoms with van der Waals surface area (Å²) in [5, 5.41) is 2.60. The van der Waals surface area contributed by atoms with Crippen LogP contribution in [0.1, 0.15) is 33.6 Å². The maximum atomic E-state index is 11.6. The number of hydrogen-bond acceptors (Lipinski definition) is 4. The lowest BCUT2D eigenvalue weighted by Gasteiger charge is -2.10. The van der Waals surface area contributed by atoms with Crippen LogP contribution in [0.15, 0.2) is 0 Å². The molecule has 0 saturated heterocycles. The van der Waals surface area contributed by atoms with E-state index in [0.29, 0.717) is 18.9 Å². The third-order valence-electron chi connectivity index (χ3n) is 2.39. The monoisotopic (exact) mass is 264 g/mol. The molecule has 0 aromatic rings. The molecule has 0 heterocycles. The first-order valence-corrected chi connectivity index (χ1v) is 7.81. The number of nitrogens with two attached hydrogens (primary N) is 1. The van der Waals surface area contributed by atoms with Crippen LogP contribution in [0.3, 0.4) is 0 Å². The van der Waals surface area contributed by atoms with E-state index in [-0.39, 0.29) is 11.8 Å². The van der Waals surface area contributed by atoms with Gasteiger partial charge in [-0.25, -0.2) is 8.42 Å². The molecule has 1 amide bonds. The van der Waals surface area contributed by atoms with Crippen molar-refractivity contribution >= 4 is 15.7 Å². The Labute approximate surface area is 104 Å². The van der Waals surface area contributed by atoms with Gasteiger partial charge in [-0.1, -0.05) is 20.8 Å². The van der Waals surface area contributed by atoms with Gasteiger partial charge in [0.05, 0.1) is 5.75 Å². The quantitative estimate of drug-likeness (QED) is 0.660. The Balaban J connectivity index is 4.02. The van der Waals surface area contributed by atoms with Gasteiger partial charge in [0.1, 0.15) is 5.75 Å². The van der Waals surface area contributed by atoms with E-state index in [2.05, 4.69) is 5.32 Å². The Morgan fingerprint density at radius 1 is 1.35 bits per heavy atom. The van der Waals surface area contributed by atoms with Crippen LogP contribution >= 0.6 is 0 Å². The second-order valence-electron chi connectivity index (χ2n) is 4.76. The van der Waals surface area contributed by atoms with Gasteiger partial charge in [-0.3, -0.25) is 4.79 Å². The highest BCUT2D eigenvalue weighted by atomic mass is 32.2. The van der Waals surface area contributed by atoms with Gasteiger partial charge in [-0.2, -0.15) is 0 Å². The average Bonchev–Trinajstić information content (AvgIpc) is 2.15. The molecule has 17 heavy (non-hydrogen) atoms. The third-order valence-corrected chi connectivity index (χ3v) is 4.03. The molecule has 0 aliphatic heterocycles. The van der Waals surface area contributed by atoms with Crippen LogP contribution < -0.4 is 11.1 Å². The number of rotatable bonds is 8. The summed E-state index contributed by atoms with van der Waals surface area (Å²) in [6, 6.07) is -0.386. The molecule has 6 heteroatoms. The number of nitrogens with one attached hydrogen (secondary N) is 1. The fraction of sp³-hybridized carbons (Fsp3) is 0.909. The van der Waals surface area contributed by atoms with Crippen molar-refractivity contribution in [2.45, 2.75) is 39.7 Å². The molecule has 0 rings (SSSR count). The minimum Gasteiger partial charge on any atom is -0.355 e. The maximum absolute atomic E-state index is 11.6. The van der Waals surface area contributed by atoms with Gasteiger partial charge in [0, 0.05) is 12.6 Å². The fourth-order valence-corrected chi connectivity index (χ4v) is 2.76. The summed E-state index contributed by atoms with van der Waals surface area (Å²) in [4.78, 5) is 11.4. The van der Waals surface area contributed by atoms with Crippen LogP contribution in [-0.2, 0) is 14.6 Å². The van der Waals surface area contributed by atoms with E-state index in [9.17, 15) is 13.2 Å². The van der Waals surface area contributed by atoms with Crippen molar-refractivity contribution in [2.24, 2.45) is 11.7 Å². The van der Waals surface area contributed by atoms with Crippen LogP contribution in [0.2, 0.25) is 0 Å². The standard InChI is InChI=1S/C11H24N2O3S/c1-4-10(12)7-17(15,16)8-11(14)13-6-5-9(2)3/h9-10H,4-8,12H2,1-3H3,(H,13,14). The summed E-state index contributed by atoms with van der Waals surface area (Å²) in [6.45, 7) is 6.43. The molecular formula is C11H24N2O3S. The zero-order chi connectivity index (χ0) is 13.5. The van der Waals surface area contributed by atoms with Gasteiger partial charge >= 0.3 is 0 Å². The van der Waals surface area contributed by atoms with Crippen molar-refractivity contribution in [1.29, 1.82) is 0 Å². The Morgan fingerprint density at radius 3 is 2.41 bits per heavy atom. The largest absolute Gasteiger partial charge is 0.355 e. The lowest BCUT2D eigenvalue weighted by Crippen LogP contribution is -2.36. The Bertz CT molecular complexity index is 326. The van der Waals surface area contributed by atoms with E-state index in [1.54, 1.807) is 0 Å². The number of hydrogen-bond donors (Lipinski definition) is 2. The Kier molecular flexibility index (Phi) is 7.38. The molecule has 1 atom stereocenters. The second-order valence-corrected chi connectivity index (χ2v) is 6.86. The number of carbonyl (C=O) groups is 1.